The highest BCUT2D eigenvalue weighted by Gasteiger charge is 2.11. The van der Waals surface area contributed by atoms with Gasteiger partial charge in [0.05, 0.1) is 6.07 Å². The molecule has 3 heteroatoms. The molecule has 18 heavy (non-hydrogen) atoms. The first-order valence-electron chi connectivity index (χ1n) is 6.71. The molecule has 0 radical (unpaired) electrons. The summed E-state index contributed by atoms with van der Waals surface area (Å²) in [7, 11) is 0. The van der Waals surface area contributed by atoms with Crippen LogP contribution in [0.5, 0.6) is 5.75 Å². The molecule has 2 rings (SSSR count). The Hall–Kier alpha value is -1.53. The third kappa shape index (κ3) is 3.24. The Balaban J connectivity index is 1.95. The van der Waals surface area contributed by atoms with E-state index in [4.69, 9.17) is 10.00 Å². The van der Waals surface area contributed by atoms with Gasteiger partial charge in [0.15, 0.2) is 0 Å². The van der Waals surface area contributed by atoms with Crippen LogP contribution in [0.1, 0.15) is 30.9 Å². The van der Waals surface area contributed by atoms with Gasteiger partial charge in [0.25, 0.3) is 0 Å². The summed E-state index contributed by atoms with van der Waals surface area (Å²) in [6.07, 6.45) is 4.91. The van der Waals surface area contributed by atoms with Gasteiger partial charge in [0.1, 0.15) is 18.4 Å². The molecule has 1 unspecified atom stereocenters. The molecule has 0 bridgehead atoms. The Morgan fingerprint density at radius 1 is 1.33 bits per heavy atom. The zero-order valence-corrected chi connectivity index (χ0v) is 10.9. The summed E-state index contributed by atoms with van der Waals surface area (Å²) in [5.41, 5.74) is 2.87. The van der Waals surface area contributed by atoms with E-state index in [0.717, 1.165) is 18.7 Å². The van der Waals surface area contributed by atoms with Crippen molar-refractivity contribution < 1.29 is 4.74 Å². The second kappa shape index (κ2) is 6.42. The molecule has 0 saturated heterocycles. The molecule has 0 amide bonds. The van der Waals surface area contributed by atoms with Crippen molar-refractivity contribution in [1.29, 1.82) is 5.26 Å². The van der Waals surface area contributed by atoms with E-state index in [1.807, 2.05) is 13.0 Å². The molecule has 0 spiro atoms. The topological polar surface area (TPSA) is 45.0 Å². The molecule has 1 N–H and O–H groups in total. The van der Waals surface area contributed by atoms with Crippen LogP contribution in [-0.4, -0.2) is 19.2 Å². The fourth-order valence-electron chi connectivity index (χ4n) is 2.37. The number of likely N-dealkylation sites (N-methyl/N-ethyl adjacent to an activating group) is 1. The number of hydrogen-bond donors (Lipinski definition) is 1. The normalized spacial score (nSPS) is 15.6. The molecular formula is C15H20N2O. The Labute approximate surface area is 109 Å². The fraction of sp³-hybridized carbons (Fsp3) is 0.533. The number of hydrogen-bond acceptors (Lipinski definition) is 3. The maximum Gasteiger partial charge on any atom is 0.130 e. The lowest BCUT2D eigenvalue weighted by atomic mass is 9.92. The summed E-state index contributed by atoms with van der Waals surface area (Å²) in [6.45, 7) is 3.18. The third-order valence-electron chi connectivity index (χ3n) is 3.34. The summed E-state index contributed by atoms with van der Waals surface area (Å²) in [6, 6.07) is 8.29. The molecule has 0 heterocycles. The van der Waals surface area contributed by atoms with Gasteiger partial charge in [-0.05, 0) is 55.5 Å². The van der Waals surface area contributed by atoms with Crippen LogP contribution in [0.3, 0.4) is 0 Å². The van der Waals surface area contributed by atoms with Crippen LogP contribution in [-0.2, 0) is 12.8 Å². The molecule has 1 atom stereocenters. The highest BCUT2D eigenvalue weighted by molar-refractivity contribution is 5.37. The van der Waals surface area contributed by atoms with Crippen LogP contribution in [0, 0.1) is 11.3 Å². The van der Waals surface area contributed by atoms with Crippen molar-refractivity contribution in [2.24, 2.45) is 0 Å². The van der Waals surface area contributed by atoms with E-state index in [-0.39, 0.29) is 6.04 Å². The summed E-state index contributed by atoms with van der Waals surface area (Å²) in [5.74, 6) is 0.883. The van der Waals surface area contributed by atoms with Crippen molar-refractivity contribution in [3.8, 4) is 11.8 Å². The van der Waals surface area contributed by atoms with Crippen LogP contribution in [0.4, 0.5) is 0 Å². The first-order valence-corrected chi connectivity index (χ1v) is 6.71. The van der Waals surface area contributed by atoms with Gasteiger partial charge >= 0.3 is 0 Å². The minimum absolute atomic E-state index is 0.231. The standard InChI is InChI=1S/C15H20N2O/c1-2-17-14(10-16)11-18-15-8-7-12-5-3-4-6-13(12)9-15/h7-9,14,17H,2-6,11H2,1H3. The van der Waals surface area contributed by atoms with Gasteiger partial charge < -0.3 is 4.74 Å². The van der Waals surface area contributed by atoms with Crippen molar-refractivity contribution in [3.05, 3.63) is 29.3 Å². The van der Waals surface area contributed by atoms with E-state index >= 15 is 0 Å². The van der Waals surface area contributed by atoms with Crippen LogP contribution in [0.2, 0.25) is 0 Å². The predicted octanol–water partition coefficient (Wildman–Crippen LogP) is 2.45. The highest BCUT2D eigenvalue weighted by Crippen LogP contribution is 2.25. The molecule has 96 valence electrons. The molecule has 0 saturated carbocycles. The van der Waals surface area contributed by atoms with Crippen LogP contribution in [0.25, 0.3) is 0 Å². The average molecular weight is 244 g/mol. The number of aryl methyl sites for hydroxylation is 2. The molecule has 0 aliphatic heterocycles. The first kappa shape index (κ1) is 12.9. The molecule has 1 aliphatic carbocycles. The second-order valence-corrected chi connectivity index (χ2v) is 4.69. The van der Waals surface area contributed by atoms with Crippen LogP contribution < -0.4 is 10.1 Å². The van der Waals surface area contributed by atoms with E-state index in [9.17, 15) is 0 Å². The monoisotopic (exact) mass is 244 g/mol. The summed E-state index contributed by atoms with van der Waals surface area (Å²) >= 11 is 0. The molecule has 1 aromatic rings. The number of benzene rings is 1. The average Bonchev–Trinajstić information content (AvgIpc) is 2.43. The Kier molecular flexibility index (Phi) is 4.60. The van der Waals surface area contributed by atoms with E-state index in [2.05, 4.69) is 23.5 Å². The number of ether oxygens (including phenoxy) is 1. The minimum atomic E-state index is -0.231. The van der Waals surface area contributed by atoms with Gasteiger partial charge in [-0.1, -0.05) is 13.0 Å². The van der Waals surface area contributed by atoms with E-state index in [1.165, 1.54) is 30.4 Å². The SMILES string of the molecule is CCNC(C#N)COc1ccc2c(c1)CCCC2. The molecule has 1 aromatic carbocycles. The van der Waals surface area contributed by atoms with Gasteiger partial charge in [0, 0.05) is 0 Å². The quantitative estimate of drug-likeness (QED) is 0.865. The van der Waals surface area contributed by atoms with Gasteiger partial charge in [-0.2, -0.15) is 5.26 Å². The third-order valence-corrected chi connectivity index (χ3v) is 3.34. The van der Waals surface area contributed by atoms with Gasteiger partial charge in [-0.15, -0.1) is 0 Å². The first-order chi connectivity index (χ1) is 8.83. The van der Waals surface area contributed by atoms with Crippen molar-refractivity contribution in [3.63, 3.8) is 0 Å². The molecule has 0 fully saturated rings. The van der Waals surface area contributed by atoms with E-state index in [0.29, 0.717) is 6.61 Å². The Morgan fingerprint density at radius 3 is 2.83 bits per heavy atom. The number of nitrogens with one attached hydrogen (secondary N) is 1. The maximum absolute atomic E-state index is 8.93. The smallest absolute Gasteiger partial charge is 0.130 e. The lowest BCUT2D eigenvalue weighted by Gasteiger charge is -2.17. The van der Waals surface area contributed by atoms with Crippen LogP contribution >= 0.6 is 0 Å². The number of fused-ring (bicyclic) bond motifs is 1. The van der Waals surface area contributed by atoms with Gasteiger partial charge in [-0.3, -0.25) is 5.32 Å². The van der Waals surface area contributed by atoms with E-state index < -0.39 is 0 Å². The molecule has 1 aliphatic rings. The summed E-state index contributed by atoms with van der Waals surface area (Å²) < 4.78 is 5.69. The zero-order chi connectivity index (χ0) is 12.8. The van der Waals surface area contributed by atoms with Gasteiger partial charge in [-0.25, -0.2) is 0 Å². The Bertz CT molecular complexity index is 437. The molecule has 3 nitrogen and oxygen atoms in total. The Morgan fingerprint density at radius 2 is 2.11 bits per heavy atom. The fourth-order valence-corrected chi connectivity index (χ4v) is 2.37. The number of nitrogens with zero attached hydrogens (tertiary/aromatic N) is 1. The van der Waals surface area contributed by atoms with Crippen LogP contribution in [0.15, 0.2) is 18.2 Å². The summed E-state index contributed by atoms with van der Waals surface area (Å²) in [5, 5.41) is 12.0. The highest BCUT2D eigenvalue weighted by atomic mass is 16.5. The van der Waals surface area contributed by atoms with Crippen molar-refractivity contribution in [1.82, 2.24) is 5.32 Å². The second-order valence-electron chi connectivity index (χ2n) is 4.69. The predicted molar refractivity (Wildman–Crippen MR) is 71.7 cm³/mol. The maximum atomic E-state index is 8.93. The van der Waals surface area contributed by atoms with Crippen molar-refractivity contribution >= 4 is 0 Å². The number of rotatable bonds is 5. The molecule has 0 aromatic heterocycles. The van der Waals surface area contributed by atoms with Crippen molar-refractivity contribution in [2.75, 3.05) is 13.2 Å². The minimum Gasteiger partial charge on any atom is -0.491 e. The lowest BCUT2D eigenvalue weighted by molar-refractivity contribution is 0.290. The van der Waals surface area contributed by atoms with Gasteiger partial charge in [0.2, 0.25) is 0 Å². The summed E-state index contributed by atoms with van der Waals surface area (Å²) in [4.78, 5) is 0. The lowest BCUT2D eigenvalue weighted by Crippen LogP contribution is -2.33. The number of nitriles is 1. The molecular weight excluding hydrogens is 224 g/mol. The zero-order valence-electron chi connectivity index (χ0n) is 10.9. The van der Waals surface area contributed by atoms with Crippen molar-refractivity contribution in [2.45, 2.75) is 38.6 Å². The van der Waals surface area contributed by atoms with E-state index in [1.54, 1.807) is 0 Å². The largest absolute Gasteiger partial charge is 0.491 e.